The van der Waals surface area contributed by atoms with Gasteiger partial charge in [0.2, 0.25) is 0 Å². The molecule has 40 heavy (non-hydrogen) atoms. The third-order valence-corrected chi connectivity index (χ3v) is 6.74. The van der Waals surface area contributed by atoms with E-state index in [0.717, 1.165) is 11.1 Å². The molecule has 13 nitrogen and oxygen atoms in total. The zero-order valence-corrected chi connectivity index (χ0v) is 23.3. The zero-order chi connectivity index (χ0) is 31.3. The predicted octanol–water partition coefficient (Wildman–Crippen LogP) is 3.49. The van der Waals surface area contributed by atoms with Crippen LogP contribution in [0.25, 0.3) is 16.7 Å². The number of benzene rings is 1. The van der Waals surface area contributed by atoms with Crippen LogP contribution in [0.15, 0.2) is 24.4 Å². The highest BCUT2D eigenvalue weighted by Crippen LogP contribution is 2.28. The summed E-state index contributed by atoms with van der Waals surface area (Å²) < 4.78 is 36.8. The van der Waals surface area contributed by atoms with Gasteiger partial charge in [-0.2, -0.15) is 5.10 Å². The molecule has 0 saturated heterocycles. The Morgan fingerprint density at radius 3 is 2.85 bits per heavy atom. The molecule has 0 aliphatic heterocycles. The fourth-order valence-electron chi connectivity index (χ4n) is 4.68. The van der Waals surface area contributed by atoms with Gasteiger partial charge in [0.1, 0.15) is 11.1 Å². The predicted molar refractivity (Wildman–Crippen MR) is 149 cm³/mol. The number of aryl methyl sites for hydroxylation is 1. The summed E-state index contributed by atoms with van der Waals surface area (Å²) in [6, 6.07) is 4.47. The summed E-state index contributed by atoms with van der Waals surface area (Å²) in [5, 5.41) is 14.9. The van der Waals surface area contributed by atoms with Gasteiger partial charge in [-0.05, 0) is 57.7 Å². The lowest BCUT2D eigenvalue weighted by atomic mass is 10.1. The number of anilines is 2. The van der Waals surface area contributed by atoms with Crippen molar-refractivity contribution in [3.05, 3.63) is 40.8 Å². The van der Waals surface area contributed by atoms with Crippen LogP contribution < -0.4 is 16.0 Å². The number of nitrogens with two attached hydrogens (primary N) is 1. The number of nitrogen functional groups attached to an aromatic ring is 1. The van der Waals surface area contributed by atoms with Crippen LogP contribution >= 0.6 is 11.6 Å². The molecule has 1 fully saturated rings. The average Bonchev–Trinajstić information content (AvgIpc) is 3.63. The van der Waals surface area contributed by atoms with Crippen molar-refractivity contribution in [3.63, 3.8) is 0 Å². The summed E-state index contributed by atoms with van der Waals surface area (Å²) in [4.78, 5) is 31.7. The summed E-state index contributed by atoms with van der Waals surface area (Å²) in [6.45, 7) is 2.90. The van der Waals surface area contributed by atoms with E-state index in [0.29, 0.717) is 35.3 Å². The Balaban J connectivity index is 1.31. The standard InChI is InChI=1S/C26H32ClN9O4/c1-26(2,3)40-25(38)34(4)18-11-21(27)32-36-19(12-29-23(18)36)24(37)30-16-7-6-8-20(16)39-13-14-9-15(28)22-17(10-14)35(5)33-31-22/h9-12,16,20H,6-8,13,28H2,1-5H3,(H,30,37)/t16-,20-/m1/s1/i5D3. The van der Waals surface area contributed by atoms with E-state index in [-0.39, 0.29) is 40.8 Å². The van der Waals surface area contributed by atoms with E-state index in [1.807, 2.05) is 0 Å². The van der Waals surface area contributed by atoms with E-state index in [4.69, 9.17) is 30.9 Å². The summed E-state index contributed by atoms with van der Waals surface area (Å²) in [5.74, 6) is -0.438. The van der Waals surface area contributed by atoms with E-state index >= 15 is 0 Å². The van der Waals surface area contributed by atoms with Gasteiger partial charge >= 0.3 is 6.09 Å². The number of nitrogens with one attached hydrogen (secondary N) is 1. The molecule has 0 radical (unpaired) electrons. The van der Waals surface area contributed by atoms with Gasteiger partial charge in [-0.1, -0.05) is 16.8 Å². The van der Waals surface area contributed by atoms with Gasteiger partial charge in [0.05, 0.1) is 41.8 Å². The lowest BCUT2D eigenvalue weighted by molar-refractivity contribution is 0.0271. The molecule has 4 aromatic rings. The van der Waals surface area contributed by atoms with Gasteiger partial charge in [-0.15, -0.1) is 5.10 Å². The number of carbonyl (C=O) groups excluding carboxylic acids is 2. The maximum atomic E-state index is 13.4. The highest BCUT2D eigenvalue weighted by molar-refractivity contribution is 6.29. The number of imidazole rings is 1. The Hall–Kier alpha value is -3.97. The minimum absolute atomic E-state index is 0.0540. The Morgan fingerprint density at radius 2 is 2.10 bits per heavy atom. The summed E-state index contributed by atoms with van der Waals surface area (Å²) >= 11 is 6.27. The smallest absolute Gasteiger partial charge is 0.414 e. The zero-order valence-electron chi connectivity index (χ0n) is 25.5. The first-order chi connectivity index (χ1) is 20.1. The highest BCUT2D eigenvalue weighted by atomic mass is 35.5. The second kappa shape index (κ2) is 10.5. The van der Waals surface area contributed by atoms with Gasteiger partial charge < -0.3 is 20.5 Å². The summed E-state index contributed by atoms with van der Waals surface area (Å²) in [7, 11) is 1.52. The molecular weight excluding hydrogens is 538 g/mol. The maximum absolute atomic E-state index is 13.4. The topological polar surface area (TPSA) is 155 Å². The number of hydrogen-bond acceptors (Lipinski definition) is 9. The fraction of sp³-hybridized carbons (Fsp3) is 0.462. The van der Waals surface area contributed by atoms with Crippen LogP contribution in [-0.4, -0.2) is 66.4 Å². The average molecular weight is 573 g/mol. The first-order valence-electron chi connectivity index (χ1n) is 14.2. The Labute approximate surface area is 239 Å². The third kappa shape index (κ3) is 5.52. The number of amides is 2. The quantitative estimate of drug-likeness (QED) is 0.330. The Kier molecular flexibility index (Phi) is 6.29. The van der Waals surface area contributed by atoms with E-state index in [2.05, 4.69) is 25.7 Å². The van der Waals surface area contributed by atoms with Crippen molar-refractivity contribution in [1.82, 2.24) is 34.9 Å². The van der Waals surface area contributed by atoms with Crippen LogP contribution in [0.3, 0.4) is 0 Å². The van der Waals surface area contributed by atoms with Crippen LogP contribution in [0.5, 0.6) is 0 Å². The molecule has 0 spiro atoms. The van der Waals surface area contributed by atoms with E-state index in [9.17, 15) is 9.59 Å². The number of halogens is 1. The van der Waals surface area contributed by atoms with Crippen LogP contribution in [0.2, 0.25) is 5.15 Å². The molecule has 0 bridgehead atoms. The van der Waals surface area contributed by atoms with Crippen molar-refractivity contribution in [2.24, 2.45) is 6.98 Å². The molecule has 2 atom stereocenters. The molecule has 212 valence electrons. The lowest BCUT2D eigenvalue weighted by Crippen LogP contribution is -2.41. The number of aromatic nitrogens is 6. The summed E-state index contributed by atoms with van der Waals surface area (Å²) in [6.07, 6.45) is 2.66. The molecular formula is C26H32ClN9O4. The van der Waals surface area contributed by atoms with Crippen LogP contribution in [-0.2, 0) is 23.1 Å². The fourth-order valence-corrected chi connectivity index (χ4v) is 4.86. The van der Waals surface area contributed by atoms with E-state index in [1.54, 1.807) is 32.9 Å². The van der Waals surface area contributed by atoms with Gasteiger partial charge in [-0.3, -0.25) is 9.69 Å². The van der Waals surface area contributed by atoms with Gasteiger partial charge in [0, 0.05) is 24.2 Å². The number of nitrogens with zero attached hydrogens (tertiary/aromatic N) is 7. The molecule has 14 heteroatoms. The second-order valence-corrected chi connectivity index (χ2v) is 11.1. The van der Waals surface area contributed by atoms with Crippen molar-refractivity contribution < 1.29 is 23.2 Å². The molecule has 1 aliphatic rings. The third-order valence-electron chi connectivity index (χ3n) is 6.55. The molecule has 3 heterocycles. The van der Waals surface area contributed by atoms with Crippen LogP contribution in [0.4, 0.5) is 16.2 Å². The molecule has 3 N–H and O–H groups in total. The van der Waals surface area contributed by atoms with E-state index in [1.165, 1.54) is 28.7 Å². The minimum atomic E-state index is -2.51. The molecule has 2 amide bonds. The molecule has 1 aromatic carbocycles. The Bertz CT molecular complexity index is 1700. The Morgan fingerprint density at radius 1 is 1.30 bits per heavy atom. The number of ether oxygens (including phenoxy) is 2. The van der Waals surface area contributed by atoms with E-state index < -0.39 is 24.6 Å². The van der Waals surface area contributed by atoms with Gasteiger partial charge in [-0.25, -0.2) is 19.0 Å². The normalized spacial score (nSPS) is 18.9. The summed E-state index contributed by atoms with van der Waals surface area (Å²) in [5.41, 5.74) is 7.62. The largest absolute Gasteiger partial charge is 0.443 e. The molecule has 5 rings (SSSR count). The number of carbonyl (C=O) groups is 2. The van der Waals surface area contributed by atoms with Crippen molar-refractivity contribution in [3.8, 4) is 0 Å². The molecule has 1 saturated carbocycles. The number of hydrogen-bond donors (Lipinski definition) is 2. The second-order valence-electron chi connectivity index (χ2n) is 10.7. The first kappa shape index (κ1) is 23.9. The van der Waals surface area contributed by atoms with Crippen molar-refractivity contribution in [1.29, 1.82) is 0 Å². The SMILES string of the molecule is [2H]C([2H])([2H])n1nnc2c(N)cc(CO[C@@H]3CCC[C@H]3NC(=O)c3cnc4c(N(C)C(=O)OC(C)(C)C)cc(Cl)nn34)cc21. The van der Waals surface area contributed by atoms with Crippen LogP contribution in [0.1, 0.15) is 60.2 Å². The van der Waals surface area contributed by atoms with Crippen molar-refractivity contribution in [2.45, 2.75) is 64.4 Å². The lowest BCUT2D eigenvalue weighted by Gasteiger charge is -2.24. The van der Waals surface area contributed by atoms with Crippen molar-refractivity contribution in [2.75, 3.05) is 17.7 Å². The van der Waals surface area contributed by atoms with Gasteiger partial charge in [0.25, 0.3) is 5.91 Å². The van der Waals surface area contributed by atoms with Gasteiger partial charge in [0.15, 0.2) is 16.5 Å². The van der Waals surface area contributed by atoms with Crippen molar-refractivity contribution >= 4 is 51.7 Å². The molecule has 1 aliphatic carbocycles. The molecule has 3 aromatic heterocycles. The highest BCUT2D eigenvalue weighted by Gasteiger charge is 2.31. The number of fused-ring (bicyclic) bond motifs is 2. The first-order valence-corrected chi connectivity index (χ1v) is 13.1. The molecule has 0 unspecified atom stereocenters. The van der Waals surface area contributed by atoms with Crippen LogP contribution in [0, 0.1) is 0 Å². The monoisotopic (exact) mass is 572 g/mol. The minimum Gasteiger partial charge on any atom is -0.443 e. The maximum Gasteiger partial charge on any atom is 0.414 e. The number of rotatable bonds is 6.